The number of sulfonamides is 1. The van der Waals surface area contributed by atoms with E-state index in [1.165, 1.54) is 38.5 Å². The van der Waals surface area contributed by atoms with Crippen LogP contribution in [-0.2, 0) is 10.0 Å². The molecule has 3 aromatic carbocycles. The highest BCUT2D eigenvalue weighted by Crippen LogP contribution is 2.29. The zero-order chi connectivity index (χ0) is 22.6. The third kappa shape index (κ3) is 4.97. The van der Waals surface area contributed by atoms with Crippen LogP contribution < -0.4 is 19.5 Å². The highest BCUT2D eigenvalue weighted by atomic mass is 32.2. The predicted octanol–water partition coefficient (Wildman–Crippen LogP) is 4.37. The van der Waals surface area contributed by atoms with Gasteiger partial charge in [0.2, 0.25) is 0 Å². The van der Waals surface area contributed by atoms with Crippen LogP contribution in [0.2, 0.25) is 0 Å². The quantitative estimate of drug-likeness (QED) is 0.569. The van der Waals surface area contributed by atoms with Crippen molar-refractivity contribution in [2.24, 2.45) is 0 Å². The van der Waals surface area contributed by atoms with Gasteiger partial charge in [0.25, 0.3) is 15.9 Å². The number of carbonyl (C=O) groups excluding carboxylic acids is 1. The lowest BCUT2D eigenvalue weighted by Gasteiger charge is -2.14. The molecule has 2 N–H and O–H groups in total. The van der Waals surface area contributed by atoms with Gasteiger partial charge in [0, 0.05) is 5.69 Å². The second-order valence-electron chi connectivity index (χ2n) is 6.94. The standard InChI is InChI=1S/C23H24N2O5S/c1-15-8-13-19(16(2)14-15)25-31(27,28)18-11-9-17(10-12-18)24-23(26)22-20(29-3)6-5-7-21(22)30-4/h5-14,25H,1-4H3,(H,24,26). The van der Waals surface area contributed by atoms with Crippen LogP contribution in [0.5, 0.6) is 11.5 Å². The number of ether oxygens (including phenoxy) is 2. The summed E-state index contributed by atoms with van der Waals surface area (Å²) in [5.74, 6) is 0.306. The molecule has 0 bridgehead atoms. The topological polar surface area (TPSA) is 93.7 Å². The summed E-state index contributed by atoms with van der Waals surface area (Å²) in [5.41, 5.74) is 3.08. The molecule has 0 aliphatic carbocycles. The number of nitrogens with one attached hydrogen (secondary N) is 2. The first-order valence-electron chi connectivity index (χ1n) is 9.47. The van der Waals surface area contributed by atoms with Gasteiger partial charge in [-0.3, -0.25) is 9.52 Å². The first kappa shape index (κ1) is 22.2. The molecule has 0 aliphatic heterocycles. The Kier molecular flexibility index (Phi) is 6.50. The van der Waals surface area contributed by atoms with Crippen molar-refractivity contribution < 1.29 is 22.7 Å². The predicted molar refractivity (Wildman–Crippen MR) is 121 cm³/mol. The Labute approximate surface area is 182 Å². The maximum Gasteiger partial charge on any atom is 0.263 e. The number of methoxy groups -OCH3 is 2. The molecule has 0 heterocycles. The lowest BCUT2D eigenvalue weighted by atomic mass is 10.1. The fraction of sp³-hybridized carbons (Fsp3) is 0.174. The number of hydrogen-bond donors (Lipinski definition) is 2. The summed E-state index contributed by atoms with van der Waals surface area (Å²) >= 11 is 0. The highest BCUT2D eigenvalue weighted by Gasteiger charge is 2.19. The van der Waals surface area contributed by atoms with Crippen LogP contribution in [0.1, 0.15) is 21.5 Å². The normalized spacial score (nSPS) is 11.0. The molecule has 0 spiro atoms. The molecule has 0 saturated heterocycles. The Balaban J connectivity index is 1.80. The zero-order valence-corrected chi connectivity index (χ0v) is 18.5. The molecule has 0 fully saturated rings. The number of amides is 1. The molecule has 3 rings (SSSR count). The van der Waals surface area contributed by atoms with Crippen molar-refractivity contribution in [3.05, 3.63) is 77.4 Å². The number of hydrogen-bond acceptors (Lipinski definition) is 5. The van der Waals surface area contributed by atoms with Gasteiger partial charge in [0.1, 0.15) is 17.1 Å². The maximum absolute atomic E-state index is 12.8. The molecule has 0 saturated carbocycles. The van der Waals surface area contributed by atoms with Gasteiger partial charge in [-0.05, 0) is 61.9 Å². The Hall–Kier alpha value is -3.52. The molecule has 0 radical (unpaired) electrons. The Morgan fingerprint density at radius 2 is 1.48 bits per heavy atom. The second kappa shape index (κ2) is 9.09. The van der Waals surface area contributed by atoms with E-state index in [9.17, 15) is 13.2 Å². The van der Waals surface area contributed by atoms with Crippen molar-refractivity contribution in [2.45, 2.75) is 18.7 Å². The van der Waals surface area contributed by atoms with E-state index in [4.69, 9.17) is 9.47 Å². The molecule has 8 heteroatoms. The van der Waals surface area contributed by atoms with Crippen LogP contribution in [0, 0.1) is 13.8 Å². The number of rotatable bonds is 7. The first-order valence-corrected chi connectivity index (χ1v) is 11.0. The molecule has 162 valence electrons. The number of anilines is 2. The smallest absolute Gasteiger partial charge is 0.263 e. The Bertz CT molecular complexity index is 1180. The lowest BCUT2D eigenvalue weighted by Crippen LogP contribution is -2.16. The van der Waals surface area contributed by atoms with E-state index < -0.39 is 15.9 Å². The largest absolute Gasteiger partial charge is 0.496 e. The van der Waals surface area contributed by atoms with E-state index in [2.05, 4.69) is 10.0 Å². The van der Waals surface area contributed by atoms with Crippen LogP contribution in [0.4, 0.5) is 11.4 Å². The van der Waals surface area contributed by atoms with Gasteiger partial charge in [0.05, 0.1) is 24.8 Å². The van der Waals surface area contributed by atoms with Gasteiger partial charge in [-0.25, -0.2) is 8.42 Å². The summed E-state index contributed by atoms with van der Waals surface area (Å²) in [6, 6.07) is 16.4. The minimum Gasteiger partial charge on any atom is -0.496 e. The summed E-state index contributed by atoms with van der Waals surface area (Å²) in [4.78, 5) is 12.8. The second-order valence-corrected chi connectivity index (χ2v) is 8.62. The van der Waals surface area contributed by atoms with E-state index >= 15 is 0 Å². The fourth-order valence-corrected chi connectivity index (χ4v) is 4.25. The monoisotopic (exact) mass is 440 g/mol. The van der Waals surface area contributed by atoms with E-state index in [0.717, 1.165) is 11.1 Å². The lowest BCUT2D eigenvalue weighted by molar-refractivity contribution is 0.102. The van der Waals surface area contributed by atoms with Gasteiger partial charge in [-0.2, -0.15) is 0 Å². The minimum atomic E-state index is -3.77. The summed E-state index contributed by atoms with van der Waals surface area (Å²) < 4.78 is 38.6. The van der Waals surface area contributed by atoms with E-state index in [1.54, 1.807) is 24.3 Å². The summed E-state index contributed by atoms with van der Waals surface area (Å²) in [6.07, 6.45) is 0. The SMILES string of the molecule is COc1cccc(OC)c1C(=O)Nc1ccc(S(=O)(=O)Nc2ccc(C)cc2C)cc1. The molecular formula is C23H24N2O5S. The van der Waals surface area contributed by atoms with Crippen molar-refractivity contribution >= 4 is 27.3 Å². The van der Waals surface area contributed by atoms with Crippen molar-refractivity contribution in [2.75, 3.05) is 24.3 Å². The maximum atomic E-state index is 12.8. The van der Waals surface area contributed by atoms with Crippen LogP contribution >= 0.6 is 0 Å². The van der Waals surface area contributed by atoms with Crippen LogP contribution in [0.25, 0.3) is 0 Å². The molecule has 1 amide bonds. The number of aryl methyl sites for hydroxylation is 2. The summed E-state index contributed by atoms with van der Waals surface area (Å²) in [7, 11) is -0.838. The third-order valence-corrected chi connectivity index (χ3v) is 6.09. The van der Waals surface area contributed by atoms with E-state index in [1.807, 2.05) is 26.0 Å². The van der Waals surface area contributed by atoms with Crippen LogP contribution in [0.3, 0.4) is 0 Å². The highest BCUT2D eigenvalue weighted by molar-refractivity contribution is 7.92. The molecule has 31 heavy (non-hydrogen) atoms. The fourth-order valence-electron chi connectivity index (χ4n) is 3.12. The molecule has 3 aromatic rings. The molecule has 0 aromatic heterocycles. The van der Waals surface area contributed by atoms with E-state index in [0.29, 0.717) is 22.9 Å². The zero-order valence-electron chi connectivity index (χ0n) is 17.7. The first-order chi connectivity index (χ1) is 14.7. The van der Waals surface area contributed by atoms with Crippen molar-refractivity contribution in [1.29, 1.82) is 0 Å². The third-order valence-electron chi connectivity index (χ3n) is 4.70. The van der Waals surface area contributed by atoms with Gasteiger partial charge < -0.3 is 14.8 Å². The number of benzene rings is 3. The van der Waals surface area contributed by atoms with Crippen LogP contribution in [0.15, 0.2) is 65.6 Å². The van der Waals surface area contributed by atoms with Crippen molar-refractivity contribution in [3.8, 4) is 11.5 Å². The average Bonchev–Trinajstić information content (AvgIpc) is 2.75. The summed E-state index contributed by atoms with van der Waals surface area (Å²) in [6.45, 7) is 3.79. The Morgan fingerprint density at radius 3 is 2.03 bits per heavy atom. The van der Waals surface area contributed by atoms with Gasteiger partial charge >= 0.3 is 0 Å². The average molecular weight is 441 g/mol. The van der Waals surface area contributed by atoms with E-state index in [-0.39, 0.29) is 10.5 Å². The number of carbonyl (C=O) groups is 1. The molecule has 0 atom stereocenters. The van der Waals surface area contributed by atoms with Crippen molar-refractivity contribution in [1.82, 2.24) is 0 Å². The van der Waals surface area contributed by atoms with Crippen LogP contribution in [-0.4, -0.2) is 28.5 Å². The van der Waals surface area contributed by atoms with Crippen molar-refractivity contribution in [3.63, 3.8) is 0 Å². The minimum absolute atomic E-state index is 0.0837. The molecular weight excluding hydrogens is 416 g/mol. The van der Waals surface area contributed by atoms with Gasteiger partial charge in [-0.1, -0.05) is 23.8 Å². The molecule has 7 nitrogen and oxygen atoms in total. The summed E-state index contributed by atoms with van der Waals surface area (Å²) in [5, 5.41) is 2.74. The van der Waals surface area contributed by atoms with Gasteiger partial charge in [-0.15, -0.1) is 0 Å². The molecule has 0 aliphatic rings. The Morgan fingerprint density at radius 1 is 0.871 bits per heavy atom. The van der Waals surface area contributed by atoms with Gasteiger partial charge in [0.15, 0.2) is 0 Å². The molecule has 0 unspecified atom stereocenters.